The van der Waals surface area contributed by atoms with Crippen LogP contribution in [0.4, 0.5) is 0 Å². The number of unbranched alkanes of at least 4 members (excludes halogenated alkanes) is 14. The molecule has 0 fully saturated rings. The molecule has 0 radical (unpaired) electrons. The van der Waals surface area contributed by atoms with Gasteiger partial charge in [0.15, 0.2) is 6.10 Å². The molecule has 5 heteroatoms. The molecule has 0 saturated carbocycles. The molecular weight excluding hydrogens is 741 g/mol. The highest BCUT2D eigenvalue weighted by Crippen LogP contribution is 2.14. The molecule has 1 atom stereocenters. The number of rotatable bonds is 43. The highest BCUT2D eigenvalue weighted by Gasteiger charge is 2.17. The predicted molar refractivity (Wildman–Crippen MR) is 260 cm³/mol. The van der Waals surface area contributed by atoms with E-state index in [-0.39, 0.29) is 25.2 Å². The first-order valence-electron chi connectivity index (χ1n) is 24.4. The SMILES string of the molecule is CC/C=C\C/C=C\C/C=C\C/C=C\C/C=C\CCCC(=O)OCC(COCCC/C=C\C/C=C\C/C=C\C/C=C\CC)OC(=O)CCCCCCCCCCCCCCC. The first-order chi connectivity index (χ1) is 29.6. The molecular formula is C55H90O5. The number of allylic oxidation sites excluding steroid dienone is 18. The van der Waals surface area contributed by atoms with E-state index in [0.29, 0.717) is 19.4 Å². The largest absolute Gasteiger partial charge is 0.462 e. The Labute approximate surface area is 370 Å². The fourth-order valence-electron chi connectivity index (χ4n) is 6.25. The average Bonchev–Trinajstić information content (AvgIpc) is 3.25. The van der Waals surface area contributed by atoms with Gasteiger partial charge in [0.2, 0.25) is 0 Å². The molecule has 0 aliphatic carbocycles. The molecule has 0 N–H and O–H groups in total. The van der Waals surface area contributed by atoms with Crippen LogP contribution in [-0.2, 0) is 23.8 Å². The Morgan fingerprint density at radius 3 is 1.18 bits per heavy atom. The third-order valence-corrected chi connectivity index (χ3v) is 9.80. The van der Waals surface area contributed by atoms with Crippen molar-refractivity contribution in [2.45, 2.75) is 207 Å². The van der Waals surface area contributed by atoms with Crippen LogP contribution in [0.25, 0.3) is 0 Å². The van der Waals surface area contributed by atoms with E-state index < -0.39 is 6.10 Å². The van der Waals surface area contributed by atoms with Crippen LogP contribution < -0.4 is 0 Å². The maximum absolute atomic E-state index is 12.8. The number of hydrogen-bond donors (Lipinski definition) is 0. The molecule has 0 aliphatic heterocycles. The lowest BCUT2D eigenvalue weighted by Gasteiger charge is -2.18. The molecule has 0 saturated heterocycles. The summed E-state index contributed by atoms with van der Waals surface area (Å²) in [6.45, 7) is 7.39. The van der Waals surface area contributed by atoms with Gasteiger partial charge in [-0.15, -0.1) is 0 Å². The Morgan fingerprint density at radius 1 is 0.383 bits per heavy atom. The van der Waals surface area contributed by atoms with E-state index in [4.69, 9.17) is 14.2 Å². The van der Waals surface area contributed by atoms with Gasteiger partial charge in [0, 0.05) is 19.4 Å². The van der Waals surface area contributed by atoms with Crippen LogP contribution in [-0.4, -0.2) is 37.9 Å². The molecule has 0 heterocycles. The summed E-state index contributed by atoms with van der Waals surface area (Å²) in [5.41, 5.74) is 0. The highest BCUT2D eigenvalue weighted by molar-refractivity contribution is 5.70. The van der Waals surface area contributed by atoms with Crippen molar-refractivity contribution >= 4 is 11.9 Å². The van der Waals surface area contributed by atoms with Crippen molar-refractivity contribution in [2.75, 3.05) is 19.8 Å². The molecule has 340 valence electrons. The van der Waals surface area contributed by atoms with Gasteiger partial charge in [-0.2, -0.15) is 0 Å². The Hall–Kier alpha value is -3.44. The highest BCUT2D eigenvalue weighted by atomic mass is 16.6. The van der Waals surface area contributed by atoms with Crippen LogP contribution in [0.5, 0.6) is 0 Å². The van der Waals surface area contributed by atoms with E-state index in [1.165, 1.54) is 64.2 Å². The zero-order valence-corrected chi connectivity index (χ0v) is 38.9. The van der Waals surface area contributed by atoms with Gasteiger partial charge in [-0.25, -0.2) is 0 Å². The van der Waals surface area contributed by atoms with E-state index in [9.17, 15) is 9.59 Å². The summed E-state index contributed by atoms with van der Waals surface area (Å²) in [6.07, 6.45) is 68.2. The Kier molecular flexibility index (Phi) is 47.1. The third-order valence-electron chi connectivity index (χ3n) is 9.80. The fraction of sp³-hybridized carbons (Fsp3) is 0.636. The summed E-state index contributed by atoms with van der Waals surface area (Å²) < 4.78 is 17.2. The Balaban J connectivity index is 4.45. The van der Waals surface area contributed by atoms with Crippen molar-refractivity contribution in [1.82, 2.24) is 0 Å². The molecule has 0 aromatic heterocycles. The third kappa shape index (κ3) is 47.2. The maximum atomic E-state index is 12.8. The van der Waals surface area contributed by atoms with Gasteiger partial charge in [-0.05, 0) is 89.9 Å². The number of carbonyl (C=O) groups excluding carboxylic acids is 2. The van der Waals surface area contributed by atoms with Gasteiger partial charge in [-0.1, -0.05) is 207 Å². The second-order valence-electron chi connectivity index (χ2n) is 15.6. The van der Waals surface area contributed by atoms with Crippen molar-refractivity contribution in [1.29, 1.82) is 0 Å². The molecule has 60 heavy (non-hydrogen) atoms. The summed E-state index contributed by atoms with van der Waals surface area (Å²) in [4.78, 5) is 25.3. The number of ether oxygens (including phenoxy) is 3. The van der Waals surface area contributed by atoms with E-state index in [0.717, 1.165) is 103 Å². The van der Waals surface area contributed by atoms with Crippen molar-refractivity contribution in [3.63, 3.8) is 0 Å². The lowest BCUT2D eigenvalue weighted by Crippen LogP contribution is -2.30. The van der Waals surface area contributed by atoms with E-state index in [1.54, 1.807) is 0 Å². The smallest absolute Gasteiger partial charge is 0.306 e. The van der Waals surface area contributed by atoms with Gasteiger partial charge in [0.1, 0.15) is 6.61 Å². The number of hydrogen-bond acceptors (Lipinski definition) is 5. The van der Waals surface area contributed by atoms with Crippen LogP contribution in [0.1, 0.15) is 201 Å². The predicted octanol–water partition coefficient (Wildman–Crippen LogP) is 16.4. The number of carbonyl (C=O) groups is 2. The maximum Gasteiger partial charge on any atom is 0.306 e. The fourth-order valence-corrected chi connectivity index (χ4v) is 6.25. The molecule has 0 aromatic rings. The Bertz CT molecular complexity index is 1210. The average molecular weight is 831 g/mol. The van der Waals surface area contributed by atoms with E-state index >= 15 is 0 Å². The Morgan fingerprint density at radius 2 is 0.750 bits per heavy atom. The van der Waals surface area contributed by atoms with Crippen LogP contribution >= 0.6 is 0 Å². The van der Waals surface area contributed by atoms with Crippen LogP contribution in [0.3, 0.4) is 0 Å². The van der Waals surface area contributed by atoms with Gasteiger partial charge in [0.25, 0.3) is 0 Å². The van der Waals surface area contributed by atoms with Gasteiger partial charge >= 0.3 is 11.9 Å². The lowest BCUT2D eigenvalue weighted by molar-refractivity contribution is -0.162. The monoisotopic (exact) mass is 831 g/mol. The zero-order chi connectivity index (χ0) is 43.5. The normalized spacial score (nSPS) is 13.2. The standard InChI is InChI=1S/C55H90O5/c1-4-7-10-13-16-19-22-25-27-28-29-31-33-36-39-42-45-48-54(56)59-52-53(51-58-50-47-44-41-38-35-32-26-23-20-17-14-11-8-5-2)60-55(57)49-46-43-40-37-34-30-24-21-18-15-12-9-6-3/h7-8,10-11,16-17,19-20,25-27,29,31-32,36,38-39,41,53H,4-6,9,12-15,18,21-24,28,30,33-35,37,40,42-52H2,1-3H3/b10-7-,11-8-,19-16-,20-17-,27-25-,31-29-,32-26-,39-36-,41-38-. The first kappa shape index (κ1) is 56.6. The first-order valence-corrected chi connectivity index (χ1v) is 24.4. The van der Waals surface area contributed by atoms with Crippen LogP contribution in [0.2, 0.25) is 0 Å². The second kappa shape index (κ2) is 49.9. The number of esters is 2. The molecule has 0 amide bonds. The minimum atomic E-state index is -0.591. The van der Waals surface area contributed by atoms with Gasteiger partial charge in [0.05, 0.1) is 6.61 Å². The summed E-state index contributed by atoms with van der Waals surface area (Å²) in [6, 6.07) is 0. The zero-order valence-electron chi connectivity index (χ0n) is 38.9. The second-order valence-corrected chi connectivity index (χ2v) is 15.6. The quantitative estimate of drug-likeness (QED) is 0.0348. The molecule has 1 unspecified atom stereocenters. The molecule has 0 bridgehead atoms. The summed E-state index contributed by atoms with van der Waals surface area (Å²) in [5.74, 6) is -0.500. The van der Waals surface area contributed by atoms with E-state index in [2.05, 4.69) is 130 Å². The van der Waals surface area contributed by atoms with Crippen LogP contribution in [0, 0.1) is 0 Å². The van der Waals surface area contributed by atoms with Crippen molar-refractivity contribution in [3.8, 4) is 0 Å². The summed E-state index contributed by atoms with van der Waals surface area (Å²) in [5, 5.41) is 0. The topological polar surface area (TPSA) is 61.8 Å². The molecule has 5 nitrogen and oxygen atoms in total. The minimum Gasteiger partial charge on any atom is -0.462 e. The van der Waals surface area contributed by atoms with E-state index in [1.807, 2.05) is 0 Å². The van der Waals surface area contributed by atoms with Crippen molar-refractivity contribution in [2.24, 2.45) is 0 Å². The van der Waals surface area contributed by atoms with Gasteiger partial charge in [-0.3, -0.25) is 9.59 Å². The molecule has 0 aromatic carbocycles. The minimum absolute atomic E-state index is 0.0295. The van der Waals surface area contributed by atoms with Crippen molar-refractivity contribution < 1.29 is 23.8 Å². The molecule has 0 rings (SSSR count). The van der Waals surface area contributed by atoms with Crippen molar-refractivity contribution in [3.05, 3.63) is 109 Å². The van der Waals surface area contributed by atoms with Gasteiger partial charge < -0.3 is 14.2 Å². The summed E-state index contributed by atoms with van der Waals surface area (Å²) in [7, 11) is 0. The lowest BCUT2D eigenvalue weighted by atomic mass is 10.0. The molecule has 0 spiro atoms. The molecule has 0 aliphatic rings. The van der Waals surface area contributed by atoms with Crippen LogP contribution in [0.15, 0.2) is 109 Å². The summed E-state index contributed by atoms with van der Waals surface area (Å²) >= 11 is 0.